The van der Waals surface area contributed by atoms with Crippen LogP contribution in [-0.4, -0.2) is 32.6 Å². The number of nitrogens with one attached hydrogen (secondary N) is 1. The fourth-order valence-electron chi connectivity index (χ4n) is 5.71. The monoisotopic (exact) mass is 370 g/mol. The molecule has 5 heteroatoms. The van der Waals surface area contributed by atoms with Crippen LogP contribution in [0.15, 0.2) is 24.3 Å². The van der Waals surface area contributed by atoms with Crippen molar-refractivity contribution < 1.29 is 14.3 Å². The predicted octanol–water partition coefficient (Wildman–Crippen LogP) is 2.98. The minimum Gasteiger partial charge on any atom is -0.455 e. The van der Waals surface area contributed by atoms with Crippen molar-refractivity contribution in [3.63, 3.8) is 0 Å². The Kier molecular flexibility index (Phi) is 5.11. The zero-order valence-corrected chi connectivity index (χ0v) is 16.3. The average Bonchev–Trinajstić information content (AvgIpc) is 2.64. The first-order chi connectivity index (χ1) is 13.0. The van der Waals surface area contributed by atoms with Gasteiger partial charge in [0.1, 0.15) is 0 Å². The van der Waals surface area contributed by atoms with Gasteiger partial charge in [-0.3, -0.25) is 9.59 Å². The number of ether oxygens (including phenoxy) is 1. The van der Waals surface area contributed by atoms with Crippen molar-refractivity contribution in [2.45, 2.75) is 38.6 Å². The van der Waals surface area contributed by atoms with E-state index in [1.54, 1.807) is 0 Å². The van der Waals surface area contributed by atoms with Crippen molar-refractivity contribution in [3.05, 3.63) is 29.8 Å². The van der Waals surface area contributed by atoms with Gasteiger partial charge < -0.3 is 15.0 Å². The van der Waals surface area contributed by atoms with Gasteiger partial charge in [-0.2, -0.15) is 0 Å². The van der Waals surface area contributed by atoms with E-state index in [1.807, 2.05) is 43.3 Å². The van der Waals surface area contributed by atoms with E-state index in [0.29, 0.717) is 18.4 Å². The van der Waals surface area contributed by atoms with Gasteiger partial charge in [0, 0.05) is 26.3 Å². The number of amides is 1. The number of esters is 1. The van der Waals surface area contributed by atoms with Crippen LogP contribution < -0.4 is 10.2 Å². The fourth-order valence-corrected chi connectivity index (χ4v) is 5.71. The third-order valence-electron chi connectivity index (χ3n) is 6.79. The number of carbonyl (C=O) groups is 2. The summed E-state index contributed by atoms with van der Waals surface area (Å²) in [6, 6.07) is 8.04. The minimum atomic E-state index is -0.233. The molecule has 4 saturated carbocycles. The SMILES string of the molecule is CN(C)c1ccc(CNC(=O)COC(=O)C2C3CC4CC(C3)CC2C4)cc1. The lowest BCUT2D eigenvalue weighted by molar-refractivity contribution is -0.164. The molecule has 0 saturated heterocycles. The number of nitrogens with zero attached hydrogens (tertiary/aromatic N) is 1. The number of hydrogen-bond acceptors (Lipinski definition) is 4. The molecule has 27 heavy (non-hydrogen) atoms. The lowest BCUT2D eigenvalue weighted by atomic mass is 9.52. The van der Waals surface area contributed by atoms with Crippen molar-refractivity contribution >= 4 is 17.6 Å². The molecular formula is C22H30N2O3. The number of rotatable bonds is 6. The maximum Gasteiger partial charge on any atom is 0.310 e. The minimum absolute atomic E-state index is 0.0316. The van der Waals surface area contributed by atoms with Gasteiger partial charge in [0.2, 0.25) is 0 Å². The second-order valence-electron chi connectivity index (χ2n) is 8.90. The van der Waals surface area contributed by atoms with Crippen molar-refractivity contribution in [1.82, 2.24) is 5.32 Å². The predicted molar refractivity (Wildman–Crippen MR) is 104 cm³/mol. The third-order valence-corrected chi connectivity index (χ3v) is 6.79. The molecule has 0 heterocycles. The molecule has 0 radical (unpaired) electrons. The normalized spacial score (nSPS) is 30.8. The van der Waals surface area contributed by atoms with Crippen molar-refractivity contribution in [1.29, 1.82) is 0 Å². The maximum absolute atomic E-state index is 12.6. The van der Waals surface area contributed by atoms with Crippen LogP contribution in [0.3, 0.4) is 0 Å². The molecular weight excluding hydrogens is 340 g/mol. The first-order valence-corrected chi connectivity index (χ1v) is 10.2. The van der Waals surface area contributed by atoms with Gasteiger partial charge in [0.15, 0.2) is 6.61 Å². The Balaban J connectivity index is 1.23. The quantitative estimate of drug-likeness (QED) is 0.782. The first kappa shape index (κ1) is 18.3. The van der Waals surface area contributed by atoms with Gasteiger partial charge >= 0.3 is 5.97 Å². The summed E-state index contributed by atoms with van der Waals surface area (Å²) in [6.07, 6.45) is 6.10. The Labute approximate surface area is 161 Å². The van der Waals surface area contributed by atoms with Gasteiger partial charge in [-0.1, -0.05) is 12.1 Å². The highest BCUT2D eigenvalue weighted by Gasteiger charge is 2.51. The average molecular weight is 370 g/mol. The zero-order valence-electron chi connectivity index (χ0n) is 16.3. The van der Waals surface area contributed by atoms with Gasteiger partial charge in [-0.25, -0.2) is 0 Å². The molecule has 146 valence electrons. The van der Waals surface area contributed by atoms with Gasteiger partial charge in [0.05, 0.1) is 5.92 Å². The molecule has 0 unspecified atom stereocenters. The van der Waals surface area contributed by atoms with E-state index in [1.165, 1.54) is 32.1 Å². The van der Waals surface area contributed by atoms with Crippen LogP contribution in [0.5, 0.6) is 0 Å². The van der Waals surface area contributed by atoms with Crippen LogP contribution in [0, 0.1) is 29.6 Å². The van der Waals surface area contributed by atoms with E-state index in [0.717, 1.165) is 23.1 Å². The standard InChI is InChI=1S/C22H30N2O3/c1-24(2)19-5-3-14(4-6-19)12-23-20(25)13-27-22(26)21-17-8-15-7-16(10-17)11-18(21)9-15/h3-6,15-18,21H,7-13H2,1-2H3,(H,23,25). The molecule has 1 aromatic rings. The second kappa shape index (κ2) is 7.53. The maximum atomic E-state index is 12.6. The molecule has 5 rings (SSSR count). The summed E-state index contributed by atoms with van der Waals surface area (Å²) < 4.78 is 5.41. The van der Waals surface area contributed by atoms with Crippen LogP contribution in [0.1, 0.15) is 37.7 Å². The van der Waals surface area contributed by atoms with E-state index < -0.39 is 0 Å². The highest BCUT2D eigenvalue weighted by molar-refractivity contribution is 5.81. The van der Waals surface area contributed by atoms with Crippen LogP contribution in [0.25, 0.3) is 0 Å². The highest BCUT2D eigenvalue weighted by Crippen LogP contribution is 2.56. The van der Waals surface area contributed by atoms with E-state index in [9.17, 15) is 9.59 Å². The number of carbonyl (C=O) groups excluding carboxylic acids is 2. The Morgan fingerprint density at radius 3 is 2.15 bits per heavy atom. The van der Waals surface area contributed by atoms with Crippen LogP contribution >= 0.6 is 0 Å². The Hall–Kier alpha value is -2.04. The molecule has 0 atom stereocenters. The van der Waals surface area contributed by atoms with E-state index in [2.05, 4.69) is 5.32 Å². The van der Waals surface area contributed by atoms with Crippen LogP contribution in [0.4, 0.5) is 5.69 Å². The Bertz CT molecular complexity index is 670. The molecule has 4 bridgehead atoms. The van der Waals surface area contributed by atoms with Crippen LogP contribution in [0.2, 0.25) is 0 Å². The van der Waals surface area contributed by atoms with E-state index in [4.69, 9.17) is 4.74 Å². The summed E-state index contributed by atoms with van der Waals surface area (Å²) in [5.74, 6) is 2.30. The number of anilines is 1. The van der Waals surface area contributed by atoms with Gasteiger partial charge in [-0.05, 0) is 73.5 Å². The molecule has 1 N–H and O–H groups in total. The first-order valence-electron chi connectivity index (χ1n) is 10.2. The topological polar surface area (TPSA) is 58.6 Å². The number of hydrogen-bond donors (Lipinski definition) is 1. The Morgan fingerprint density at radius 1 is 1.00 bits per heavy atom. The van der Waals surface area contributed by atoms with Gasteiger partial charge in [-0.15, -0.1) is 0 Å². The summed E-state index contributed by atoms with van der Waals surface area (Å²) in [4.78, 5) is 26.7. The summed E-state index contributed by atoms with van der Waals surface area (Å²) >= 11 is 0. The summed E-state index contributed by atoms with van der Waals surface area (Å²) in [5.41, 5.74) is 2.15. The highest BCUT2D eigenvalue weighted by atomic mass is 16.5. The largest absolute Gasteiger partial charge is 0.455 e. The molecule has 4 aliphatic carbocycles. The summed E-state index contributed by atoms with van der Waals surface area (Å²) in [6.45, 7) is 0.277. The van der Waals surface area contributed by atoms with Crippen LogP contribution in [-0.2, 0) is 20.9 Å². The summed E-state index contributed by atoms with van der Waals surface area (Å²) in [7, 11) is 3.99. The molecule has 0 aromatic heterocycles. The van der Waals surface area contributed by atoms with Gasteiger partial charge in [0.25, 0.3) is 5.91 Å². The molecule has 4 aliphatic rings. The van der Waals surface area contributed by atoms with E-state index >= 15 is 0 Å². The molecule has 1 amide bonds. The second-order valence-corrected chi connectivity index (χ2v) is 8.90. The molecule has 0 aliphatic heterocycles. The zero-order chi connectivity index (χ0) is 19.0. The van der Waals surface area contributed by atoms with E-state index in [-0.39, 0.29) is 24.4 Å². The smallest absolute Gasteiger partial charge is 0.310 e. The van der Waals surface area contributed by atoms with Crippen molar-refractivity contribution in [3.8, 4) is 0 Å². The number of benzene rings is 1. The van der Waals surface area contributed by atoms with Crippen molar-refractivity contribution in [2.75, 3.05) is 25.6 Å². The molecule has 0 spiro atoms. The molecule has 1 aromatic carbocycles. The lowest BCUT2D eigenvalue weighted by Gasteiger charge is -2.53. The fraction of sp³-hybridized carbons (Fsp3) is 0.636. The lowest BCUT2D eigenvalue weighted by Crippen LogP contribution is -2.48. The molecule has 5 nitrogen and oxygen atoms in total. The van der Waals surface area contributed by atoms with Crippen molar-refractivity contribution in [2.24, 2.45) is 29.6 Å². The third kappa shape index (κ3) is 3.97. The Morgan fingerprint density at radius 2 is 1.59 bits per heavy atom. The summed E-state index contributed by atoms with van der Waals surface area (Å²) in [5, 5.41) is 2.84. The molecule has 4 fully saturated rings.